The normalized spacial score (nSPS) is 13.5. The van der Waals surface area contributed by atoms with Crippen LogP contribution >= 0.6 is 0 Å². The zero-order valence-electron chi connectivity index (χ0n) is 15.6. The van der Waals surface area contributed by atoms with Gasteiger partial charge in [-0.25, -0.2) is 4.68 Å². The first-order chi connectivity index (χ1) is 13.3. The minimum atomic E-state index is 0.537. The molecule has 0 saturated heterocycles. The molecule has 2 heterocycles. The van der Waals surface area contributed by atoms with Gasteiger partial charge in [0, 0.05) is 19.2 Å². The number of anilines is 1. The molecule has 3 aromatic rings. The highest BCUT2D eigenvalue weighted by Crippen LogP contribution is 2.29. The van der Waals surface area contributed by atoms with Crippen molar-refractivity contribution in [2.75, 3.05) is 19.0 Å². The monoisotopic (exact) mass is 363 g/mol. The molecule has 0 aliphatic carbocycles. The first kappa shape index (κ1) is 17.6. The van der Waals surface area contributed by atoms with Gasteiger partial charge < -0.3 is 14.8 Å². The van der Waals surface area contributed by atoms with E-state index in [0.29, 0.717) is 13.2 Å². The predicted octanol–water partition coefficient (Wildman–Crippen LogP) is 4.35. The number of rotatable bonds is 6. The van der Waals surface area contributed by atoms with E-state index in [0.717, 1.165) is 41.5 Å². The largest absolute Gasteiger partial charge is 0.489 e. The van der Waals surface area contributed by atoms with Crippen molar-refractivity contribution in [1.29, 1.82) is 0 Å². The second-order valence-electron chi connectivity index (χ2n) is 6.77. The second-order valence-corrected chi connectivity index (χ2v) is 6.77. The highest BCUT2D eigenvalue weighted by Gasteiger charge is 2.20. The van der Waals surface area contributed by atoms with Gasteiger partial charge >= 0.3 is 0 Å². The molecule has 0 saturated carbocycles. The Balaban J connectivity index is 1.55. The zero-order chi connectivity index (χ0) is 18.5. The molecule has 4 rings (SSSR count). The number of fused-ring (bicyclic) bond motifs is 1. The molecule has 0 bridgehead atoms. The Morgan fingerprint density at radius 1 is 1.00 bits per heavy atom. The molecule has 0 spiro atoms. The zero-order valence-corrected chi connectivity index (χ0v) is 15.6. The smallest absolute Gasteiger partial charge is 0.133 e. The number of nitrogens with one attached hydrogen (secondary N) is 1. The molecule has 1 aliphatic rings. The Morgan fingerprint density at radius 3 is 2.59 bits per heavy atom. The first-order valence-corrected chi connectivity index (χ1v) is 9.46. The molecule has 1 aliphatic heterocycles. The Hall–Kier alpha value is -2.79. The van der Waals surface area contributed by atoms with Crippen LogP contribution in [0.5, 0.6) is 5.75 Å². The summed E-state index contributed by atoms with van der Waals surface area (Å²) in [4.78, 5) is 0. The third-order valence-corrected chi connectivity index (χ3v) is 4.82. The second kappa shape index (κ2) is 8.27. The molecular weight excluding hydrogens is 338 g/mol. The lowest BCUT2D eigenvalue weighted by Crippen LogP contribution is -2.07. The van der Waals surface area contributed by atoms with Crippen LogP contribution in [0.4, 0.5) is 5.82 Å². The van der Waals surface area contributed by atoms with Crippen LogP contribution in [0, 0.1) is 0 Å². The minimum absolute atomic E-state index is 0.537. The molecule has 27 heavy (non-hydrogen) atoms. The minimum Gasteiger partial charge on any atom is -0.489 e. The van der Waals surface area contributed by atoms with Crippen molar-refractivity contribution in [3.8, 4) is 11.4 Å². The van der Waals surface area contributed by atoms with Gasteiger partial charge in [0.25, 0.3) is 0 Å². The Labute approximate surface area is 159 Å². The van der Waals surface area contributed by atoms with Crippen LogP contribution < -0.4 is 10.1 Å². The standard InChI is InChI=1S/C22H25N3O2/c1-26-16-21-20-9-5-6-14-23-22(20)25(24-21)18-10-12-19(13-11-18)27-15-17-7-3-2-4-8-17/h2-4,7-8,10-13,23H,5-6,9,14-16H2,1H3. The summed E-state index contributed by atoms with van der Waals surface area (Å²) in [5.41, 5.74) is 4.48. The summed E-state index contributed by atoms with van der Waals surface area (Å²) in [5.74, 6) is 1.95. The van der Waals surface area contributed by atoms with Gasteiger partial charge in [0.1, 0.15) is 18.2 Å². The van der Waals surface area contributed by atoms with E-state index in [4.69, 9.17) is 14.6 Å². The van der Waals surface area contributed by atoms with Crippen LogP contribution in [0.25, 0.3) is 5.69 Å². The van der Waals surface area contributed by atoms with Crippen molar-refractivity contribution in [1.82, 2.24) is 9.78 Å². The number of ether oxygens (including phenoxy) is 2. The van der Waals surface area contributed by atoms with Gasteiger partial charge in [0.05, 0.1) is 18.0 Å². The van der Waals surface area contributed by atoms with Crippen molar-refractivity contribution in [3.63, 3.8) is 0 Å². The molecule has 2 aromatic carbocycles. The van der Waals surface area contributed by atoms with E-state index < -0.39 is 0 Å². The summed E-state index contributed by atoms with van der Waals surface area (Å²) in [6, 6.07) is 18.3. The fraction of sp³-hybridized carbons (Fsp3) is 0.318. The fourth-order valence-corrected chi connectivity index (χ4v) is 3.44. The Bertz CT molecular complexity index is 873. The van der Waals surface area contributed by atoms with Crippen molar-refractivity contribution in [3.05, 3.63) is 71.4 Å². The quantitative estimate of drug-likeness (QED) is 0.707. The summed E-state index contributed by atoms with van der Waals surface area (Å²) in [7, 11) is 1.72. The number of methoxy groups -OCH3 is 1. The third kappa shape index (κ3) is 3.98. The number of nitrogens with zero attached hydrogens (tertiary/aromatic N) is 2. The van der Waals surface area contributed by atoms with E-state index >= 15 is 0 Å². The summed E-state index contributed by atoms with van der Waals surface area (Å²) in [5, 5.41) is 8.35. The summed E-state index contributed by atoms with van der Waals surface area (Å²) in [6.07, 6.45) is 3.39. The number of hydrogen-bond donors (Lipinski definition) is 1. The molecular formula is C22H25N3O2. The SMILES string of the molecule is COCc1nn(-c2ccc(OCc3ccccc3)cc2)c2c1CCCCN2. The first-order valence-electron chi connectivity index (χ1n) is 9.46. The van der Waals surface area contributed by atoms with Crippen LogP contribution in [0.3, 0.4) is 0 Å². The number of benzene rings is 2. The number of aromatic nitrogens is 2. The molecule has 0 amide bonds. The molecule has 5 nitrogen and oxygen atoms in total. The Morgan fingerprint density at radius 2 is 1.81 bits per heavy atom. The van der Waals surface area contributed by atoms with Crippen LogP contribution in [0.1, 0.15) is 29.7 Å². The van der Waals surface area contributed by atoms with E-state index in [2.05, 4.69) is 29.6 Å². The van der Waals surface area contributed by atoms with Crippen LogP contribution in [-0.2, 0) is 24.4 Å². The average molecular weight is 363 g/mol. The molecule has 140 valence electrons. The lowest BCUT2D eigenvalue weighted by molar-refractivity contribution is 0.180. The third-order valence-electron chi connectivity index (χ3n) is 4.82. The summed E-state index contributed by atoms with van der Waals surface area (Å²) >= 11 is 0. The van der Waals surface area contributed by atoms with Crippen LogP contribution in [-0.4, -0.2) is 23.4 Å². The molecule has 1 aromatic heterocycles. The highest BCUT2D eigenvalue weighted by atomic mass is 16.5. The van der Waals surface area contributed by atoms with Gasteiger partial charge in [-0.1, -0.05) is 30.3 Å². The highest BCUT2D eigenvalue weighted by molar-refractivity contribution is 5.54. The maximum Gasteiger partial charge on any atom is 0.133 e. The molecule has 1 N–H and O–H groups in total. The Kier molecular flexibility index (Phi) is 5.39. The predicted molar refractivity (Wildman–Crippen MR) is 106 cm³/mol. The van der Waals surface area contributed by atoms with Crippen molar-refractivity contribution < 1.29 is 9.47 Å². The maximum absolute atomic E-state index is 5.89. The molecule has 0 unspecified atom stereocenters. The van der Waals surface area contributed by atoms with Gasteiger partial charge in [0.2, 0.25) is 0 Å². The van der Waals surface area contributed by atoms with E-state index in [1.807, 2.05) is 35.0 Å². The summed E-state index contributed by atoms with van der Waals surface area (Å²) < 4.78 is 13.2. The van der Waals surface area contributed by atoms with E-state index in [1.165, 1.54) is 18.4 Å². The van der Waals surface area contributed by atoms with Crippen molar-refractivity contribution >= 4 is 5.82 Å². The van der Waals surface area contributed by atoms with Gasteiger partial charge in [-0.05, 0) is 49.1 Å². The van der Waals surface area contributed by atoms with E-state index in [1.54, 1.807) is 7.11 Å². The summed E-state index contributed by atoms with van der Waals surface area (Å²) in [6.45, 7) is 2.08. The molecule has 5 heteroatoms. The molecule has 0 atom stereocenters. The van der Waals surface area contributed by atoms with E-state index in [-0.39, 0.29) is 0 Å². The van der Waals surface area contributed by atoms with Crippen LogP contribution in [0.15, 0.2) is 54.6 Å². The number of hydrogen-bond acceptors (Lipinski definition) is 4. The van der Waals surface area contributed by atoms with E-state index in [9.17, 15) is 0 Å². The lowest BCUT2D eigenvalue weighted by atomic mass is 10.1. The van der Waals surface area contributed by atoms with Gasteiger partial charge in [-0.2, -0.15) is 5.10 Å². The van der Waals surface area contributed by atoms with Gasteiger partial charge in [-0.3, -0.25) is 0 Å². The van der Waals surface area contributed by atoms with Gasteiger partial charge in [-0.15, -0.1) is 0 Å². The van der Waals surface area contributed by atoms with Crippen molar-refractivity contribution in [2.45, 2.75) is 32.5 Å². The fourth-order valence-electron chi connectivity index (χ4n) is 3.44. The molecule has 0 radical (unpaired) electrons. The maximum atomic E-state index is 5.89. The average Bonchev–Trinajstić information content (AvgIpc) is 2.89. The van der Waals surface area contributed by atoms with Crippen molar-refractivity contribution in [2.24, 2.45) is 0 Å². The molecule has 0 fully saturated rings. The van der Waals surface area contributed by atoms with Crippen LogP contribution in [0.2, 0.25) is 0 Å². The lowest BCUT2D eigenvalue weighted by Gasteiger charge is -2.11. The van der Waals surface area contributed by atoms with Gasteiger partial charge in [0.15, 0.2) is 0 Å². The topological polar surface area (TPSA) is 48.3 Å².